The van der Waals surface area contributed by atoms with E-state index in [-0.39, 0.29) is 24.4 Å². The van der Waals surface area contributed by atoms with Crippen molar-refractivity contribution in [2.24, 2.45) is 11.8 Å². The van der Waals surface area contributed by atoms with Gasteiger partial charge in [0.2, 0.25) is 0 Å². The Morgan fingerprint density at radius 1 is 1.03 bits per heavy atom. The van der Waals surface area contributed by atoms with Gasteiger partial charge in [0.1, 0.15) is 5.82 Å². The van der Waals surface area contributed by atoms with Crippen molar-refractivity contribution in [2.75, 3.05) is 19.6 Å². The number of aromatic nitrogens is 2. The topological polar surface area (TPSA) is 58.1 Å². The molecule has 2 aliphatic heterocycles. The van der Waals surface area contributed by atoms with Crippen LogP contribution < -0.4 is 5.32 Å². The maximum Gasteiger partial charge on any atom is 0.258 e. The van der Waals surface area contributed by atoms with Crippen LogP contribution in [0.4, 0.5) is 0 Å². The summed E-state index contributed by atoms with van der Waals surface area (Å²) >= 11 is 0. The Morgan fingerprint density at radius 2 is 1.73 bits per heavy atom. The van der Waals surface area contributed by atoms with Gasteiger partial charge in [0, 0.05) is 37.3 Å². The van der Waals surface area contributed by atoms with E-state index >= 15 is 0 Å². The Balaban J connectivity index is 0.00000218. The molecule has 2 saturated heterocycles. The van der Waals surface area contributed by atoms with Crippen LogP contribution >= 0.6 is 12.4 Å². The van der Waals surface area contributed by atoms with E-state index in [4.69, 9.17) is 0 Å². The zero-order valence-corrected chi connectivity index (χ0v) is 17.7. The predicted octanol–water partition coefficient (Wildman–Crippen LogP) is 3.91. The van der Waals surface area contributed by atoms with Gasteiger partial charge in [0.15, 0.2) is 0 Å². The van der Waals surface area contributed by atoms with Crippen LogP contribution in [0.15, 0.2) is 66.9 Å². The first-order valence-corrected chi connectivity index (χ1v) is 10.2. The minimum Gasteiger partial charge on any atom is -0.331 e. The van der Waals surface area contributed by atoms with E-state index in [0.717, 1.165) is 25.2 Å². The second kappa shape index (κ2) is 8.54. The molecule has 1 N–H and O–H groups in total. The molecule has 1 amide bonds. The Kier molecular flexibility index (Phi) is 5.84. The van der Waals surface area contributed by atoms with E-state index in [1.165, 1.54) is 5.56 Å². The summed E-state index contributed by atoms with van der Waals surface area (Å²) in [6.07, 6.45) is 1.70. The third kappa shape index (κ3) is 3.59. The lowest BCUT2D eigenvalue weighted by Crippen LogP contribution is -2.35. The molecule has 2 aliphatic rings. The van der Waals surface area contributed by atoms with Crippen molar-refractivity contribution in [2.45, 2.75) is 13.0 Å². The molecule has 5 nitrogen and oxygen atoms in total. The average Bonchev–Trinajstić information content (AvgIpc) is 3.36. The van der Waals surface area contributed by atoms with Crippen molar-refractivity contribution in [1.82, 2.24) is 20.2 Å². The summed E-state index contributed by atoms with van der Waals surface area (Å²) in [5.74, 6) is 1.61. The van der Waals surface area contributed by atoms with Crippen molar-refractivity contribution >= 4 is 18.3 Å². The van der Waals surface area contributed by atoms with Gasteiger partial charge in [-0.15, -0.1) is 12.4 Å². The van der Waals surface area contributed by atoms with Gasteiger partial charge in [0.05, 0.1) is 17.3 Å². The summed E-state index contributed by atoms with van der Waals surface area (Å²) in [5, 5.41) is 3.51. The Labute approximate surface area is 183 Å². The molecular weight excluding hydrogens is 396 g/mol. The highest BCUT2D eigenvalue weighted by molar-refractivity contribution is 6.00. The summed E-state index contributed by atoms with van der Waals surface area (Å²) in [6.45, 7) is 4.54. The number of fused-ring (bicyclic) bond motifs is 1. The largest absolute Gasteiger partial charge is 0.331 e. The lowest BCUT2D eigenvalue weighted by atomic mass is 9.89. The number of aryl methyl sites for hydroxylation is 1. The molecule has 0 spiro atoms. The number of halogens is 1. The standard InChI is InChI=1S/C24H24N4O.ClH/c1-16-26-14-21(22(27-16)17-8-4-2-5-9-17)24(29)28-15-19-12-25-13-20(19)23(28)18-10-6-3-7-11-18;/h2-11,14,19-20,23,25H,12-13,15H2,1H3;1H/t19-,20-,23-;/m0./s1. The van der Waals surface area contributed by atoms with Crippen LogP contribution in [0.25, 0.3) is 11.3 Å². The molecule has 0 radical (unpaired) electrons. The van der Waals surface area contributed by atoms with Crippen LogP contribution in [0.3, 0.4) is 0 Å². The predicted molar refractivity (Wildman–Crippen MR) is 120 cm³/mol. The molecule has 0 unspecified atom stereocenters. The number of carbonyl (C=O) groups excluding carboxylic acids is 1. The van der Waals surface area contributed by atoms with Gasteiger partial charge in [-0.1, -0.05) is 60.7 Å². The molecule has 3 heterocycles. The van der Waals surface area contributed by atoms with Crippen LogP contribution in [0.1, 0.15) is 27.8 Å². The van der Waals surface area contributed by atoms with Crippen LogP contribution in [0, 0.1) is 18.8 Å². The Hall–Kier alpha value is -2.76. The fourth-order valence-corrected chi connectivity index (χ4v) is 4.80. The number of rotatable bonds is 3. The lowest BCUT2D eigenvalue weighted by molar-refractivity contribution is 0.0714. The van der Waals surface area contributed by atoms with E-state index in [1.54, 1.807) is 6.20 Å². The van der Waals surface area contributed by atoms with Crippen LogP contribution in [0.5, 0.6) is 0 Å². The van der Waals surface area contributed by atoms with Crippen molar-refractivity contribution < 1.29 is 4.79 Å². The maximum atomic E-state index is 13.8. The van der Waals surface area contributed by atoms with Crippen LogP contribution in [0.2, 0.25) is 0 Å². The summed E-state index contributed by atoms with van der Waals surface area (Å²) in [6, 6.07) is 20.4. The molecule has 154 valence electrons. The van der Waals surface area contributed by atoms with E-state index in [9.17, 15) is 4.79 Å². The quantitative estimate of drug-likeness (QED) is 0.698. The molecule has 30 heavy (non-hydrogen) atoms. The lowest BCUT2D eigenvalue weighted by Gasteiger charge is -2.29. The van der Waals surface area contributed by atoms with E-state index in [2.05, 4.69) is 39.6 Å². The van der Waals surface area contributed by atoms with Gasteiger partial charge in [-0.2, -0.15) is 0 Å². The van der Waals surface area contributed by atoms with Gasteiger partial charge in [-0.3, -0.25) is 4.79 Å². The Morgan fingerprint density at radius 3 is 2.47 bits per heavy atom. The van der Waals surface area contributed by atoms with E-state index < -0.39 is 0 Å². The first kappa shape index (κ1) is 20.5. The van der Waals surface area contributed by atoms with Crippen molar-refractivity contribution in [1.29, 1.82) is 0 Å². The number of benzene rings is 2. The van der Waals surface area contributed by atoms with E-state index in [1.807, 2.05) is 48.2 Å². The monoisotopic (exact) mass is 420 g/mol. The first-order valence-electron chi connectivity index (χ1n) is 10.2. The molecule has 2 fully saturated rings. The summed E-state index contributed by atoms with van der Waals surface area (Å²) in [4.78, 5) is 24.8. The van der Waals surface area contributed by atoms with Crippen molar-refractivity contribution in [3.8, 4) is 11.3 Å². The summed E-state index contributed by atoms with van der Waals surface area (Å²) in [5.41, 5.74) is 3.44. The first-order chi connectivity index (χ1) is 14.2. The highest BCUT2D eigenvalue weighted by atomic mass is 35.5. The second-order valence-electron chi connectivity index (χ2n) is 7.94. The number of likely N-dealkylation sites (tertiary alicyclic amines) is 1. The molecule has 2 aromatic carbocycles. The molecular formula is C24H25ClN4O. The van der Waals surface area contributed by atoms with Gasteiger partial charge in [-0.05, 0) is 18.4 Å². The van der Waals surface area contributed by atoms with Crippen molar-refractivity contribution in [3.63, 3.8) is 0 Å². The molecule has 1 aromatic heterocycles. The molecule has 6 heteroatoms. The van der Waals surface area contributed by atoms with Crippen LogP contribution in [-0.4, -0.2) is 40.4 Å². The molecule has 0 bridgehead atoms. The SMILES string of the molecule is Cc1ncc(C(=O)N2C[C@@H]3CNC[C@@H]3[C@@H]2c2ccccc2)c(-c2ccccc2)n1.Cl. The van der Waals surface area contributed by atoms with Crippen LogP contribution in [-0.2, 0) is 0 Å². The number of carbonyl (C=O) groups is 1. The fraction of sp³-hybridized carbons (Fsp3) is 0.292. The number of hydrogen-bond acceptors (Lipinski definition) is 4. The molecule has 0 saturated carbocycles. The van der Waals surface area contributed by atoms with Gasteiger partial charge in [0.25, 0.3) is 5.91 Å². The molecule has 5 rings (SSSR count). The normalized spacial score (nSPS) is 22.4. The highest BCUT2D eigenvalue weighted by Crippen LogP contribution is 2.43. The summed E-state index contributed by atoms with van der Waals surface area (Å²) in [7, 11) is 0. The minimum atomic E-state index is 0. The smallest absolute Gasteiger partial charge is 0.258 e. The van der Waals surface area contributed by atoms with Gasteiger partial charge in [-0.25, -0.2) is 9.97 Å². The zero-order valence-electron chi connectivity index (χ0n) is 16.9. The molecule has 3 aromatic rings. The van der Waals surface area contributed by atoms with E-state index in [0.29, 0.717) is 28.9 Å². The zero-order chi connectivity index (χ0) is 19.8. The molecule has 0 aliphatic carbocycles. The third-order valence-electron chi connectivity index (χ3n) is 6.15. The number of amides is 1. The minimum absolute atomic E-state index is 0. The van der Waals surface area contributed by atoms with Crippen molar-refractivity contribution in [3.05, 3.63) is 83.8 Å². The highest BCUT2D eigenvalue weighted by Gasteiger charge is 2.47. The number of nitrogens with one attached hydrogen (secondary N) is 1. The summed E-state index contributed by atoms with van der Waals surface area (Å²) < 4.78 is 0. The maximum absolute atomic E-state index is 13.8. The molecule has 3 atom stereocenters. The average molecular weight is 421 g/mol. The fourth-order valence-electron chi connectivity index (χ4n) is 4.80. The Bertz CT molecular complexity index is 1030. The van der Waals surface area contributed by atoms with Gasteiger partial charge >= 0.3 is 0 Å². The number of nitrogens with zero attached hydrogens (tertiary/aromatic N) is 3. The number of hydrogen-bond donors (Lipinski definition) is 1. The second-order valence-corrected chi connectivity index (χ2v) is 7.94. The third-order valence-corrected chi connectivity index (χ3v) is 6.15. The van der Waals surface area contributed by atoms with Gasteiger partial charge < -0.3 is 10.2 Å².